The minimum atomic E-state index is 0.889. The Morgan fingerprint density at radius 1 is 0.383 bits per heavy atom. The van der Waals surface area contributed by atoms with Crippen molar-refractivity contribution >= 4 is 114 Å². The van der Waals surface area contributed by atoms with Crippen LogP contribution in [0.5, 0.6) is 0 Å². The highest BCUT2D eigenvalue weighted by atomic mass is 32.1. The molecule has 0 aliphatic carbocycles. The summed E-state index contributed by atoms with van der Waals surface area (Å²) in [7, 11) is 0. The van der Waals surface area contributed by atoms with Crippen molar-refractivity contribution in [2.75, 3.05) is 4.90 Å². The first-order valence-electron chi connectivity index (χ1n) is 20.4. The first-order valence-corrected chi connectivity index (χ1v) is 21.2. The largest absolute Gasteiger partial charge is 0.456 e. The molecule has 3 nitrogen and oxygen atoms in total. The molecule has 13 rings (SSSR count). The predicted molar refractivity (Wildman–Crippen MR) is 256 cm³/mol. The zero-order chi connectivity index (χ0) is 39.3. The molecule has 0 aliphatic heterocycles. The van der Waals surface area contributed by atoms with E-state index in [1.54, 1.807) is 0 Å². The topological polar surface area (TPSA) is 21.3 Å². The van der Waals surface area contributed by atoms with Crippen LogP contribution in [-0.4, -0.2) is 4.57 Å². The van der Waals surface area contributed by atoms with Crippen LogP contribution in [0.2, 0.25) is 0 Å². The van der Waals surface area contributed by atoms with E-state index in [0.717, 1.165) is 50.3 Å². The highest BCUT2D eigenvalue weighted by molar-refractivity contribution is 7.26. The lowest BCUT2D eigenvalue weighted by atomic mass is 10.0. The van der Waals surface area contributed by atoms with Gasteiger partial charge in [0.1, 0.15) is 11.2 Å². The third kappa shape index (κ3) is 5.08. The molecule has 0 N–H and O–H groups in total. The smallest absolute Gasteiger partial charge is 0.135 e. The second-order valence-corrected chi connectivity index (χ2v) is 16.8. The SMILES string of the molecule is c1cc(-c2ccc(N(c3ccc4oc5ccccc5c4c3)c3cccc4c3sc3ccccc34)cc2)cc(-n2c3cc4ccccc4cc3c3cc4ccccc4cc32)c1. The summed E-state index contributed by atoms with van der Waals surface area (Å²) in [6, 6.07) is 75.2. The van der Waals surface area contributed by atoms with Crippen LogP contribution in [-0.2, 0) is 0 Å². The maximum Gasteiger partial charge on any atom is 0.135 e. The number of fused-ring (bicyclic) bond motifs is 11. The van der Waals surface area contributed by atoms with Gasteiger partial charge < -0.3 is 13.9 Å². The normalized spacial score (nSPS) is 12.0. The number of thiophene rings is 1. The Morgan fingerprint density at radius 3 is 1.73 bits per heavy atom. The average molecular weight is 783 g/mol. The van der Waals surface area contributed by atoms with Crippen LogP contribution < -0.4 is 4.90 Å². The van der Waals surface area contributed by atoms with Gasteiger partial charge in [0.25, 0.3) is 0 Å². The highest BCUT2D eigenvalue weighted by Gasteiger charge is 2.20. The van der Waals surface area contributed by atoms with Crippen LogP contribution in [0.15, 0.2) is 211 Å². The van der Waals surface area contributed by atoms with Crippen molar-refractivity contribution in [3.8, 4) is 16.8 Å². The molecule has 60 heavy (non-hydrogen) atoms. The summed E-state index contributed by atoms with van der Waals surface area (Å²) < 4.78 is 11.3. The summed E-state index contributed by atoms with van der Waals surface area (Å²) in [5.74, 6) is 0. The van der Waals surface area contributed by atoms with E-state index in [-0.39, 0.29) is 0 Å². The van der Waals surface area contributed by atoms with Crippen LogP contribution in [0.25, 0.3) is 102 Å². The number of hydrogen-bond acceptors (Lipinski definition) is 3. The Labute approximate surface area is 349 Å². The first-order chi connectivity index (χ1) is 29.7. The quantitative estimate of drug-likeness (QED) is 0.173. The Bertz CT molecular complexity index is 3760. The zero-order valence-electron chi connectivity index (χ0n) is 32.3. The fourth-order valence-electron chi connectivity index (χ4n) is 9.48. The Morgan fingerprint density at radius 2 is 0.983 bits per heavy atom. The lowest BCUT2D eigenvalue weighted by Crippen LogP contribution is -2.10. The molecule has 4 heteroatoms. The molecule has 0 unspecified atom stereocenters. The van der Waals surface area contributed by atoms with E-state index in [1.165, 1.54) is 69.1 Å². The van der Waals surface area contributed by atoms with Gasteiger partial charge >= 0.3 is 0 Å². The van der Waals surface area contributed by atoms with Gasteiger partial charge in [-0.05, 0) is 118 Å². The van der Waals surface area contributed by atoms with E-state index in [4.69, 9.17) is 4.42 Å². The van der Waals surface area contributed by atoms with Crippen molar-refractivity contribution in [1.82, 2.24) is 4.57 Å². The molecule has 3 aromatic heterocycles. The Kier molecular flexibility index (Phi) is 7.18. The fraction of sp³-hybridized carbons (Fsp3) is 0. The van der Waals surface area contributed by atoms with Gasteiger partial charge in [0.05, 0.1) is 21.4 Å². The summed E-state index contributed by atoms with van der Waals surface area (Å²) in [4.78, 5) is 2.41. The van der Waals surface area contributed by atoms with Crippen LogP contribution in [0, 0.1) is 0 Å². The number of hydrogen-bond donors (Lipinski definition) is 0. The van der Waals surface area contributed by atoms with Gasteiger partial charge in [0.15, 0.2) is 0 Å². The number of nitrogens with zero attached hydrogens (tertiary/aromatic N) is 2. The maximum atomic E-state index is 6.28. The fourth-order valence-corrected chi connectivity index (χ4v) is 10.7. The van der Waals surface area contributed by atoms with E-state index in [1.807, 2.05) is 23.5 Å². The average Bonchev–Trinajstić information content (AvgIpc) is 3.97. The first kappa shape index (κ1) is 33.3. The molecule has 0 amide bonds. The number of anilines is 3. The van der Waals surface area contributed by atoms with Gasteiger partial charge in [-0.25, -0.2) is 0 Å². The van der Waals surface area contributed by atoms with Crippen molar-refractivity contribution in [3.63, 3.8) is 0 Å². The standard InChI is InChI=1S/C56H34N2OS/c1-3-13-39-32-51-47(30-37(39)11-1)48-31-38-12-2-4-14-40(38)33-52(48)58(51)42-16-9-15-36(29-42)35-23-25-41(26-24-35)57(43-27-28-54-49(34-43)44-17-5-7-21-53(44)59-54)50-20-10-19-46-45-18-6-8-22-55(45)60-56(46)50/h1-34H. The number of rotatable bonds is 5. The van der Waals surface area contributed by atoms with Crippen molar-refractivity contribution < 1.29 is 4.42 Å². The number of aromatic nitrogens is 1. The van der Waals surface area contributed by atoms with Gasteiger partial charge in [-0.1, -0.05) is 121 Å². The molecule has 0 atom stereocenters. The Balaban J connectivity index is 0.968. The molecule has 0 spiro atoms. The molecule has 13 aromatic rings. The number of furan rings is 1. The van der Waals surface area contributed by atoms with Gasteiger partial charge in [-0.3, -0.25) is 0 Å². The molecule has 0 bridgehead atoms. The molecule has 3 heterocycles. The number of para-hydroxylation sites is 1. The predicted octanol–water partition coefficient (Wildman–Crippen LogP) is 16.5. The van der Waals surface area contributed by atoms with Crippen LogP contribution in [0.1, 0.15) is 0 Å². The van der Waals surface area contributed by atoms with Gasteiger partial charge in [0, 0.05) is 54.1 Å². The summed E-state index contributed by atoms with van der Waals surface area (Å²) >= 11 is 1.85. The monoisotopic (exact) mass is 782 g/mol. The minimum absolute atomic E-state index is 0.889. The summed E-state index contributed by atoms with van der Waals surface area (Å²) in [6.45, 7) is 0. The molecular weight excluding hydrogens is 749 g/mol. The van der Waals surface area contributed by atoms with E-state index < -0.39 is 0 Å². The minimum Gasteiger partial charge on any atom is -0.456 e. The molecule has 0 radical (unpaired) electrons. The summed E-state index contributed by atoms with van der Waals surface area (Å²) in [5.41, 5.74) is 11.0. The maximum absolute atomic E-state index is 6.28. The summed E-state index contributed by atoms with van der Waals surface area (Å²) in [6.07, 6.45) is 0. The van der Waals surface area contributed by atoms with E-state index >= 15 is 0 Å². The van der Waals surface area contributed by atoms with Gasteiger partial charge in [-0.15, -0.1) is 11.3 Å². The van der Waals surface area contributed by atoms with Crippen LogP contribution >= 0.6 is 11.3 Å². The molecule has 280 valence electrons. The zero-order valence-corrected chi connectivity index (χ0v) is 33.2. The van der Waals surface area contributed by atoms with Crippen molar-refractivity contribution in [3.05, 3.63) is 206 Å². The van der Waals surface area contributed by atoms with Crippen LogP contribution in [0.3, 0.4) is 0 Å². The summed E-state index contributed by atoms with van der Waals surface area (Å²) in [5, 5.41) is 12.3. The van der Waals surface area contributed by atoms with Crippen molar-refractivity contribution in [2.45, 2.75) is 0 Å². The Hall–Kier alpha value is -7.66. The van der Waals surface area contributed by atoms with Gasteiger partial charge in [-0.2, -0.15) is 0 Å². The number of benzene rings is 10. The highest BCUT2D eigenvalue weighted by Crippen LogP contribution is 2.46. The lowest BCUT2D eigenvalue weighted by molar-refractivity contribution is 0.669. The molecular formula is C56H34N2OS. The molecule has 0 aliphatic rings. The van der Waals surface area contributed by atoms with E-state index in [9.17, 15) is 0 Å². The van der Waals surface area contributed by atoms with Crippen molar-refractivity contribution in [1.29, 1.82) is 0 Å². The third-order valence-corrected chi connectivity index (χ3v) is 13.5. The van der Waals surface area contributed by atoms with E-state index in [0.29, 0.717) is 0 Å². The molecule has 0 fully saturated rings. The van der Waals surface area contributed by atoms with Gasteiger partial charge in [0.2, 0.25) is 0 Å². The second kappa shape index (κ2) is 12.9. The lowest BCUT2D eigenvalue weighted by Gasteiger charge is -2.26. The second-order valence-electron chi connectivity index (χ2n) is 15.7. The third-order valence-electron chi connectivity index (χ3n) is 12.3. The van der Waals surface area contributed by atoms with E-state index in [2.05, 4.69) is 204 Å². The van der Waals surface area contributed by atoms with Crippen molar-refractivity contribution in [2.24, 2.45) is 0 Å². The van der Waals surface area contributed by atoms with Crippen LogP contribution in [0.4, 0.5) is 17.1 Å². The molecule has 0 saturated heterocycles. The molecule has 0 saturated carbocycles. The molecule has 10 aromatic carbocycles.